The van der Waals surface area contributed by atoms with E-state index in [2.05, 4.69) is 16.7 Å². The zero-order chi connectivity index (χ0) is 6.53. The molecule has 0 unspecified atom stereocenters. The third-order valence-electron chi connectivity index (χ3n) is 1.08. The highest BCUT2D eigenvalue weighted by atomic mass is 16.5. The second kappa shape index (κ2) is 3.45. The number of ether oxygens (including phenoxy) is 1. The van der Waals surface area contributed by atoms with Crippen LogP contribution in [0.2, 0.25) is 0 Å². The molecule has 0 aromatic rings. The van der Waals surface area contributed by atoms with Crippen molar-refractivity contribution in [3.63, 3.8) is 0 Å². The Morgan fingerprint density at radius 3 is 3.33 bits per heavy atom. The standard InChI is InChI=1S/C6H10N2O/c1-9-5-6-7-3-2-4-8-6/h3-5H2,1H3,(H,7,8). The van der Waals surface area contributed by atoms with Gasteiger partial charge < -0.3 is 10.1 Å². The van der Waals surface area contributed by atoms with Crippen molar-refractivity contribution in [2.75, 3.05) is 26.8 Å². The molecule has 0 bridgehead atoms. The number of rotatable bonds is 2. The molecule has 1 rings (SSSR count). The van der Waals surface area contributed by atoms with Gasteiger partial charge in [0.05, 0.1) is 0 Å². The van der Waals surface area contributed by atoms with Gasteiger partial charge in [-0.15, -0.1) is 0 Å². The average Bonchev–Trinajstić information content (AvgIpc) is 1.91. The van der Waals surface area contributed by atoms with Crippen molar-refractivity contribution in [1.82, 2.24) is 5.32 Å². The van der Waals surface area contributed by atoms with Crippen LogP contribution < -0.4 is 5.32 Å². The first-order valence-corrected chi connectivity index (χ1v) is 2.90. The highest BCUT2D eigenvalue weighted by Gasteiger charge is 2.01. The minimum atomic E-state index is 0.585. The lowest BCUT2D eigenvalue weighted by atomic mass is 10.3. The predicted molar refractivity (Wildman–Crippen MR) is 35.4 cm³/mol. The van der Waals surface area contributed by atoms with Crippen LogP contribution in [-0.4, -0.2) is 32.6 Å². The first-order valence-electron chi connectivity index (χ1n) is 2.90. The van der Waals surface area contributed by atoms with Crippen LogP contribution in [0.4, 0.5) is 0 Å². The van der Waals surface area contributed by atoms with Gasteiger partial charge in [-0.1, -0.05) is 0 Å². The fraction of sp³-hybridized carbons (Fsp3) is 0.667. The fourth-order valence-electron chi connectivity index (χ4n) is 0.661. The molecule has 0 saturated heterocycles. The normalized spacial score (nSPS) is 18.6. The van der Waals surface area contributed by atoms with Gasteiger partial charge in [0.1, 0.15) is 12.4 Å². The Hall–Kier alpha value is -0.570. The molecular formula is C6H10N2O. The summed E-state index contributed by atoms with van der Waals surface area (Å²) in [7, 11) is 1.66. The van der Waals surface area contributed by atoms with Crippen molar-refractivity contribution < 1.29 is 4.74 Å². The Morgan fingerprint density at radius 1 is 1.89 bits per heavy atom. The molecule has 1 N–H and O–H groups in total. The smallest absolute Gasteiger partial charge is 0.123 e. The molecule has 50 valence electrons. The van der Waals surface area contributed by atoms with Gasteiger partial charge in [-0.2, -0.15) is 0 Å². The van der Waals surface area contributed by atoms with Crippen LogP contribution >= 0.6 is 0 Å². The molecule has 2 radical (unpaired) electrons. The summed E-state index contributed by atoms with van der Waals surface area (Å²) in [6, 6.07) is 0. The number of nitrogens with zero attached hydrogens (tertiary/aromatic N) is 1. The van der Waals surface area contributed by atoms with Crippen LogP contribution in [0.25, 0.3) is 0 Å². The summed E-state index contributed by atoms with van der Waals surface area (Å²) in [4.78, 5) is 4.09. The molecule has 3 nitrogen and oxygen atoms in total. The molecule has 0 aromatic carbocycles. The van der Waals surface area contributed by atoms with Crippen LogP contribution in [0.1, 0.15) is 0 Å². The second-order valence-corrected chi connectivity index (χ2v) is 1.80. The fourth-order valence-corrected chi connectivity index (χ4v) is 0.661. The Labute approximate surface area is 55.1 Å². The van der Waals surface area contributed by atoms with E-state index in [0.29, 0.717) is 13.2 Å². The first-order chi connectivity index (χ1) is 4.43. The molecular weight excluding hydrogens is 116 g/mol. The van der Waals surface area contributed by atoms with Gasteiger partial charge in [0.25, 0.3) is 0 Å². The maximum atomic E-state index is 4.86. The highest BCUT2D eigenvalue weighted by Crippen LogP contribution is 1.87. The van der Waals surface area contributed by atoms with E-state index in [1.807, 2.05) is 0 Å². The Morgan fingerprint density at radius 2 is 2.78 bits per heavy atom. The summed E-state index contributed by atoms with van der Waals surface area (Å²) >= 11 is 0. The van der Waals surface area contributed by atoms with Crippen molar-refractivity contribution in [1.29, 1.82) is 0 Å². The van der Waals surface area contributed by atoms with Gasteiger partial charge in [0.2, 0.25) is 0 Å². The average molecular weight is 126 g/mol. The lowest BCUT2D eigenvalue weighted by molar-refractivity contribution is 0.242. The Bertz CT molecular complexity index is 112. The van der Waals surface area contributed by atoms with E-state index in [1.165, 1.54) is 0 Å². The lowest BCUT2D eigenvalue weighted by Crippen LogP contribution is -2.32. The molecule has 1 aliphatic heterocycles. The second-order valence-electron chi connectivity index (χ2n) is 1.80. The molecule has 1 heterocycles. The van der Waals surface area contributed by atoms with Crippen LogP contribution in [0, 0.1) is 6.42 Å². The van der Waals surface area contributed by atoms with Gasteiger partial charge in [0.15, 0.2) is 0 Å². The van der Waals surface area contributed by atoms with E-state index in [4.69, 9.17) is 4.74 Å². The summed E-state index contributed by atoms with van der Waals surface area (Å²) in [5.41, 5.74) is 0. The summed E-state index contributed by atoms with van der Waals surface area (Å²) in [6.07, 6.45) is 3.02. The first kappa shape index (κ1) is 6.55. The molecule has 0 spiro atoms. The molecule has 3 heteroatoms. The molecule has 0 amide bonds. The summed E-state index contributed by atoms with van der Waals surface area (Å²) in [5.74, 6) is 0.927. The molecule has 0 atom stereocenters. The van der Waals surface area contributed by atoms with E-state index < -0.39 is 0 Å². The molecule has 0 aliphatic carbocycles. The van der Waals surface area contributed by atoms with E-state index in [1.54, 1.807) is 7.11 Å². The minimum absolute atomic E-state index is 0.585. The van der Waals surface area contributed by atoms with Gasteiger partial charge in [-0.25, -0.2) is 0 Å². The largest absolute Gasteiger partial charge is 0.377 e. The van der Waals surface area contributed by atoms with Crippen LogP contribution in [0.5, 0.6) is 0 Å². The van der Waals surface area contributed by atoms with Crippen molar-refractivity contribution in [2.24, 2.45) is 4.99 Å². The SMILES string of the molecule is COCC1=NC[C]CN1. The Kier molecular flexibility index (Phi) is 2.51. The van der Waals surface area contributed by atoms with Crippen LogP contribution in [0.3, 0.4) is 0 Å². The van der Waals surface area contributed by atoms with Crippen molar-refractivity contribution in [3.8, 4) is 0 Å². The van der Waals surface area contributed by atoms with E-state index in [9.17, 15) is 0 Å². The zero-order valence-electron chi connectivity index (χ0n) is 5.48. The molecule has 0 aromatic heterocycles. The van der Waals surface area contributed by atoms with Crippen LogP contribution in [0.15, 0.2) is 4.99 Å². The van der Waals surface area contributed by atoms with Gasteiger partial charge >= 0.3 is 0 Å². The molecule has 9 heavy (non-hydrogen) atoms. The number of methoxy groups -OCH3 is 1. The minimum Gasteiger partial charge on any atom is -0.377 e. The molecule has 0 fully saturated rings. The van der Waals surface area contributed by atoms with Gasteiger partial charge in [-0.05, 0) is 0 Å². The predicted octanol–water partition coefficient (Wildman–Crippen LogP) is -0.284. The van der Waals surface area contributed by atoms with Crippen molar-refractivity contribution >= 4 is 5.84 Å². The quantitative estimate of drug-likeness (QED) is 0.552. The summed E-state index contributed by atoms with van der Waals surface area (Å²) < 4.78 is 4.86. The Balaban J connectivity index is 2.28. The number of hydrogen-bond acceptors (Lipinski definition) is 3. The third-order valence-corrected chi connectivity index (χ3v) is 1.08. The van der Waals surface area contributed by atoms with Gasteiger partial charge in [0, 0.05) is 26.6 Å². The zero-order valence-corrected chi connectivity index (χ0v) is 5.48. The summed E-state index contributed by atoms with van der Waals surface area (Å²) in [6.45, 7) is 2.08. The van der Waals surface area contributed by atoms with E-state index in [-0.39, 0.29) is 0 Å². The van der Waals surface area contributed by atoms with Crippen molar-refractivity contribution in [2.45, 2.75) is 0 Å². The number of hydrogen-bond donors (Lipinski definition) is 1. The van der Waals surface area contributed by atoms with Crippen molar-refractivity contribution in [3.05, 3.63) is 6.42 Å². The van der Waals surface area contributed by atoms with E-state index >= 15 is 0 Å². The summed E-state index contributed by atoms with van der Waals surface area (Å²) in [5, 5.41) is 3.03. The number of nitrogens with one attached hydrogen (secondary N) is 1. The lowest BCUT2D eigenvalue weighted by Gasteiger charge is -2.12. The molecule has 0 saturated carbocycles. The maximum absolute atomic E-state index is 4.86. The third kappa shape index (κ3) is 2.01. The highest BCUT2D eigenvalue weighted by molar-refractivity contribution is 5.84. The number of aliphatic imine (C=N–C) groups is 1. The maximum Gasteiger partial charge on any atom is 0.123 e. The van der Waals surface area contributed by atoms with Crippen LogP contribution in [-0.2, 0) is 4.74 Å². The topological polar surface area (TPSA) is 33.6 Å². The monoisotopic (exact) mass is 126 g/mol. The number of amidine groups is 1. The van der Waals surface area contributed by atoms with Gasteiger partial charge in [-0.3, -0.25) is 4.99 Å². The molecule has 1 aliphatic rings. The van der Waals surface area contributed by atoms with E-state index in [0.717, 1.165) is 12.4 Å².